The monoisotopic (exact) mass is 489 g/mol. The van der Waals surface area contributed by atoms with E-state index < -0.39 is 15.9 Å². The van der Waals surface area contributed by atoms with E-state index >= 15 is 0 Å². The molecule has 1 saturated heterocycles. The molecule has 1 aliphatic heterocycles. The highest BCUT2D eigenvalue weighted by molar-refractivity contribution is 7.89. The van der Waals surface area contributed by atoms with Crippen LogP contribution in [0.15, 0.2) is 71.8 Å². The van der Waals surface area contributed by atoms with Gasteiger partial charge >= 0.3 is 0 Å². The topological polar surface area (TPSA) is 70.6 Å². The van der Waals surface area contributed by atoms with Crippen LogP contribution in [0.3, 0.4) is 0 Å². The zero-order valence-electron chi connectivity index (χ0n) is 17.1. The number of anilines is 1. The molecule has 1 aromatic heterocycles. The molecule has 2 heterocycles. The normalized spacial score (nSPS) is 14.4. The van der Waals surface area contributed by atoms with Gasteiger partial charge in [0.25, 0.3) is 5.91 Å². The average Bonchev–Trinajstić information content (AvgIpc) is 3.35. The predicted octanol–water partition coefficient (Wildman–Crippen LogP) is 5.02. The second kappa shape index (κ2) is 9.58. The molecule has 0 saturated carbocycles. The molecular formula is C23H21Cl2N3O3S. The number of aromatic nitrogens is 1. The Bertz CT molecular complexity index is 1210. The van der Waals surface area contributed by atoms with Crippen LogP contribution in [0.2, 0.25) is 10.0 Å². The van der Waals surface area contributed by atoms with Crippen molar-refractivity contribution in [3.8, 4) is 0 Å². The summed E-state index contributed by atoms with van der Waals surface area (Å²) in [5.74, 6) is -0.429. The molecule has 1 fully saturated rings. The van der Waals surface area contributed by atoms with Crippen LogP contribution in [-0.2, 0) is 16.6 Å². The van der Waals surface area contributed by atoms with E-state index in [0.29, 0.717) is 29.5 Å². The van der Waals surface area contributed by atoms with E-state index in [2.05, 4.69) is 4.98 Å². The van der Waals surface area contributed by atoms with Gasteiger partial charge in [-0.2, -0.15) is 4.31 Å². The van der Waals surface area contributed by atoms with Gasteiger partial charge in [0.2, 0.25) is 10.0 Å². The number of rotatable bonds is 6. The molecule has 0 unspecified atom stereocenters. The molecule has 0 N–H and O–H groups in total. The van der Waals surface area contributed by atoms with Gasteiger partial charge in [0.15, 0.2) is 0 Å². The summed E-state index contributed by atoms with van der Waals surface area (Å²) in [6, 6.07) is 16.5. The Morgan fingerprint density at radius 3 is 2.38 bits per heavy atom. The van der Waals surface area contributed by atoms with Gasteiger partial charge in [0, 0.05) is 30.0 Å². The van der Waals surface area contributed by atoms with Crippen molar-refractivity contribution in [2.24, 2.45) is 0 Å². The van der Waals surface area contributed by atoms with Crippen LogP contribution in [0.25, 0.3) is 0 Å². The first-order chi connectivity index (χ1) is 15.4. The summed E-state index contributed by atoms with van der Waals surface area (Å²) in [5.41, 5.74) is 1.37. The maximum atomic E-state index is 13.6. The predicted molar refractivity (Wildman–Crippen MR) is 126 cm³/mol. The van der Waals surface area contributed by atoms with E-state index in [1.54, 1.807) is 36.5 Å². The summed E-state index contributed by atoms with van der Waals surface area (Å²) in [4.78, 5) is 19.5. The van der Waals surface area contributed by atoms with Crippen molar-refractivity contribution < 1.29 is 13.2 Å². The fraction of sp³-hybridized carbons (Fsp3) is 0.217. The molecule has 32 heavy (non-hydrogen) atoms. The number of pyridine rings is 1. The number of carbonyl (C=O) groups is 1. The van der Waals surface area contributed by atoms with Gasteiger partial charge in [-0.3, -0.25) is 9.78 Å². The van der Waals surface area contributed by atoms with Gasteiger partial charge in [-0.25, -0.2) is 8.42 Å². The molecule has 0 aliphatic carbocycles. The van der Waals surface area contributed by atoms with Gasteiger partial charge in [-0.1, -0.05) is 29.3 Å². The summed E-state index contributed by atoms with van der Waals surface area (Å²) in [5, 5.41) is 0.714. The quantitative estimate of drug-likeness (QED) is 0.487. The molecule has 0 bridgehead atoms. The molecule has 1 aliphatic rings. The highest BCUT2D eigenvalue weighted by atomic mass is 35.5. The van der Waals surface area contributed by atoms with Crippen LogP contribution in [0.5, 0.6) is 0 Å². The van der Waals surface area contributed by atoms with Crippen molar-refractivity contribution >= 4 is 44.8 Å². The maximum Gasteiger partial charge on any atom is 0.260 e. The molecule has 4 rings (SSSR count). The smallest absolute Gasteiger partial charge is 0.260 e. The number of hydrogen-bond acceptors (Lipinski definition) is 4. The fourth-order valence-corrected chi connectivity index (χ4v) is 5.47. The molecule has 6 nitrogen and oxygen atoms in total. The fourth-order valence-electron chi connectivity index (χ4n) is 3.61. The molecular weight excluding hydrogens is 469 g/mol. The SMILES string of the molecule is O=C(c1cc(S(=O)(=O)N2CCCC2)ccc1Cl)N(Cc1ccccn1)c1ccc(Cl)cc1. The van der Waals surface area contributed by atoms with E-state index in [4.69, 9.17) is 23.2 Å². The molecule has 1 amide bonds. The summed E-state index contributed by atoms with van der Waals surface area (Å²) < 4.78 is 27.5. The number of nitrogens with zero attached hydrogens (tertiary/aromatic N) is 3. The lowest BCUT2D eigenvalue weighted by Gasteiger charge is -2.24. The molecule has 9 heteroatoms. The Hall–Kier alpha value is -2.45. The number of carbonyl (C=O) groups excluding carboxylic acids is 1. The standard InChI is InChI=1S/C23H21Cl2N3O3S/c24-17-6-8-19(9-7-17)28(16-18-5-1-2-12-26-18)23(29)21-15-20(10-11-22(21)25)32(30,31)27-13-3-4-14-27/h1-2,5-12,15H,3-4,13-14,16H2. The second-order valence-electron chi connectivity index (χ2n) is 7.44. The second-order valence-corrected chi connectivity index (χ2v) is 10.2. The van der Waals surface area contributed by atoms with E-state index in [1.807, 2.05) is 12.1 Å². The summed E-state index contributed by atoms with van der Waals surface area (Å²) in [6.45, 7) is 1.14. The third-order valence-electron chi connectivity index (χ3n) is 5.30. The van der Waals surface area contributed by atoms with Crippen LogP contribution >= 0.6 is 23.2 Å². The van der Waals surface area contributed by atoms with E-state index in [1.165, 1.54) is 27.4 Å². The first-order valence-corrected chi connectivity index (χ1v) is 12.3. The Morgan fingerprint density at radius 2 is 1.72 bits per heavy atom. The number of sulfonamides is 1. The van der Waals surface area contributed by atoms with E-state index in [0.717, 1.165) is 12.8 Å². The zero-order chi connectivity index (χ0) is 22.7. The van der Waals surface area contributed by atoms with Crippen molar-refractivity contribution in [1.82, 2.24) is 9.29 Å². The highest BCUT2D eigenvalue weighted by Gasteiger charge is 2.29. The van der Waals surface area contributed by atoms with Crippen molar-refractivity contribution in [3.63, 3.8) is 0 Å². The van der Waals surface area contributed by atoms with Crippen molar-refractivity contribution in [2.75, 3.05) is 18.0 Å². The minimum atomic E-state index is -3.69. The summed E-state index contributed by atoms with van der Waals surface area (Å²) in [6.07, 6.45) is 3.30. The first-order valence-electron chi connectivity index (χ1n) is 10.1. The van der Waals surface area contributed by atoms with Gasteiger partial charge in [-0.05, 0) is 67.4 Å². The largest absolute Gasteiger partial charge is 0.302 e. The Labute approximate surface area is 197 Å². The van der Waals surface area contributed by atoms with Crippen LogP contribution in [0.4, 0.5) is 5.69 Å². The van der Waals surface area contributed by atoms with Crippen LogP contribution in [0, 0.1) is 0 Å². The molecule has 0 atom stereocenters. The van der Waals surface area contributed by atoms with Gasteiger partial charge < -0.3 is 4.90 Å². The summed E-state index contributed by atoms with van der Waals surface area (Å²) >= 11 is 12.4. The van der Waals surface area contributed by atoms with Crippen LogP contribution < -0.4 is 4.90 Å². The van der Waals surface area contributed by atoms with E-state index in [9.17, 15) is 13.2 Å². The molecule has 166 valence electrons. The van der Waals surface area contributed by atoms with Gasteiger partial charge in [0.05, 0.1) is 27.7 Å². The highest BCUT2D eigenvalue weighted by Crippen LogP contribution is 2.29. The average molecular weight is 490 g/mol. The minimum Gasteiger partial charge on any atom is -0.302 e. The lowest BCUT2D eigenvalue weighted by Crippen LogP contribution is -2.32. The Balaban J connectivity index is 1.73. The third kappa shape index (κ3) is 4.81. The molecule has 0 radical (unpaired) electrons. The van der Waals surface area contributed by atoms with Crippen LogP contribution in [0.1, 0.15) is 28.9 Å². The first kappa shape index (κ1) is 22.7. The van der Waals surface area contributed by atoms with E-state index in [-0.39, 0.29) is 22.0 Å². The third-order valence-corrected chi connectivity index (χ3v) is 7.78. The summed E-state index contributed by atoms with van der Waals surface area (Å²) in [7, 11) is -3.69. The molecule has 3 aromatic rings. The Morgan fingerprint density at radius 1 is 1.00 bits per heavy atom. The number of halogens is 2. The van der Waals surface area contributed by atoms with Crippen molar-refractivity contribution in [1.29, 1.82) is 0 Å². The van der Waals surface area contributed by atoms with Crippen molar-refractivity contribution in [3.05, 3.63) is 88.2 Å². The minimum absolute atomic E-state index is 0.0565. The number of benzene rings is 2. The van der Waals surface area contributed by atoms with Crippen molar-refractivity contribution in [2.45, 2.75) is 24.3 Å². The lowest BCUT2D eigenvalue weighted by molar-refractivity contribution is 0.0984. The maximum absolute atomic E-state index is 13.6. The lowest BCUT2D eigenvalue weighted by atomic mass is 10.1. The molecule has 2 aromatic carbocycles. The number of amides is 1. The van der Waals surface area contributed by atoms with Gasteiger partial charge in [0.1, 0.15) is 0 Å². The number of hydrogen-bond donors (Lipinski definition) is 0. The molecule has 0 spiro atoms. The van der Waals surface area contributed by atoms with Gasteiger partial charge in [-0.15, -0.1) is 0 Å². The van der Waals surface area contributed by atoms with Crippen LogP contribution in [-0.4, -0.2) is 36.7 Å². The Kier molecular flexibility index (Phi) is 6.81. The zero-order valence-corrected chi connectivity index (χ0v) is 19.4.